The molecular formula is C11H21N3OS. The number of aliphatic hydroxyl groups is 1. The zero-order valence-electron chi connectivity index (χ0n) is 9.64. The highest BCUT2D eigenvalue weighted by atomic mass is 32.1. The molecule has 1 fully saturated rings. The Hall–Kier alpha value is -0.680. The third kappa shape index (κ3) is 4.90. The largest absolute Gasteiger partial charge is 0.396 e. The van der Waals surface area contributed by atoms with Gasteiger partial charge in [0.15, 0.2) is 5.11 Å². The zero-order chi connectivity index (χ0) is 11.8. The van der Waals surface area contributed by atoms with Gasteiger partial charge in [0.2, 0.25) is 0 Å². The van der Waals surface area contributed by atoms with Crippen molar-refractivity contribution in [2.24, 2.45) is 10.7 Å². The minimum absolute atomic E-state index is 0.242. The number of aliphatic imine (C=N–C) groups is 1. The van der Waals surface area contributed by atoms with E-state index < -0.39 is 0 Å². The van der Waals surface area contributed by atoms with Crippen molar-refractivity contribution in [3.63, 3.8) is 0 Å². The zero-order valence-corrected chi connectivity index (χ0v) is 10.5. The maximum absolute atomic E-state index is 8.65. The van der Waals surface area contributed by atoms with E-state index in [4.69, 9.17) is 23.1 Å². The second kappa shape index (κ2) is 7.57. The third-order valence-corrected chi connectivity index (χ3v) is 3.08. The Morgan fingerprint density at radius 2 is 2.31 bits per heavy atom. The summed E-state index contributed by atoms with van der Waals surface area (Å²) in [6.07, 6.45) is 6.83. The molecular weight excluding hydrogens is 222 g/mol. The van der Waals surface area contributed by atoms with Gasteiger partial charge in [-0.05, 0) is 50.5 Å². The fourth-order valence-electron chi connectivity index (χ4n) is 1.85. The molecule has 0 saturated carbocycles. The van der Waals surface area contributed by atoms with Crippen LogP contribution in [0, 0.1) is 0 Å². The first-order valence-corrected chi connectivity index (χ1v) is 6.31. The van der Waals surface area contributed by atoms with E-state index in [1.165, 1.54) is 0 Å². The highest BCUT2D eigenvalue weighted by molar-refractivity contribution is 7.80. The second-order valence-corrected chi connectivity index (χ2v) is 4.53. The molecule has 4 nitrogen and oxygen atoms in total. The summed E-state index contributed by atoms with van der Waals surface area (Å²) in [6.45, 7) is 2.11. The molecule has 1 heterocycles. The van der Waals surface area contributed by atoms with Crippen LogP contribution in [0.3, 0.4) is 0 Å². The molecule has 0 aromatic rings. The number of unbranched alkanes of at least 4 members (excludes halogenated alkanes) is 1. The van der Waals surface area contributed by atoms with Crippen LogP contribution in [0.5, 0.6) is 0 Å². The van der Waals surface area contributed by atoms with Crippen LogP contribution < -0.4 is 5.73 Å². The lowest BCUT2D eigenvalue weighted by molar-refractivity contribution is 0.291. The quantitative estimate of drug-likeness (QED) is 0.438. The summed E-state index contributed by atoms with van der Waals surface area (Å²) in [5, 5.41) is 9.15. The maximum Gasteiger partial charge on any atom is 0.166 e. The first-order valence-electron chi connectivity index (χ1n) is 5.91. The van der Waals surface area contributed by atoms with Crippen molar-refractivity contribution in [3.05, 3.63) is 0 Å². The van der Waals surface area contributed by atoms with Crippen molar-refractivity contribution in [1.82, 2.24) is 4.90 Å². The van der Waals surface area contributed by atoms with Gasteiger partial charge in [0, 0.05) is 19.7 Å². The lowest BCUT2D eigenvalue weighted by Crippen LogP contribution is -2.36. The normalized spacial score (nSPS) is 22.3. The predicted octanol–water partition coefficient (Wildman–Crippen LogP) is 0.928. The number of likely N-dealkylation sites (tertiary alicyclic amines) is 1. The van der Waals surface area contributed by atoms with Gasteiger partial charge in [0.1, 0.15) is 0 Å². The van der Waals surface area contributed by atoms with Crippen LogP contribution in [0.2, 0.25) is 0 Å². The van der Waals surface area contributed by atoms with Crippen molar-refractivity contribution in [1.29, 1.82) is 0 Å². The molecule has 0 aromatic heterocycles. The molecule has 0 spiro atoms. The number of thiocarbonyl (C=S) groups is 1. The number of hydrogen-bond donors (Lipinski definition) is 2. The smallest absolute Gasteiger partial charge is 0.166 e. The predicted molar refractivity (Wildman–Crippen MR) is 70.8 cm³/mol. The molecule has 92 valence electrons. The van der Waals surface area contributed by atoms with Crippen LogP contribution in [0.1, 0.15) is 32.1 Å². The van der Waals surface area contributed by atoms with E-state index in [0.717, 1.165) is 45.2 Å². The molecule has 1 atom stereocenters. The summed E-state index contributed by atoms with van der Waals surface area (Å²) in [7, 11) is 0. The molecule has 1 saturated heterocycles. The summed E-state index contributed by atoms with van der Waals surface area (Å²) in [5.41, 5.74) is 5.61. The molecule has 0 amide bonds. The Balaban J connectivity index is 2.29. The molecule has 1 unspecified atom stereocenters. The minimum atomic E-state index is 0.242. The van der Waals surface area contributed by atoms with Crippen molar-refractivity contribution in [2.75, 3.05) is 19.7 Å². The molecule has 0 bridgehead atoms. The standard InChI is InChI=1S/C11H21N3OS/c12-11(16)14-7-3-4-10(5-8-14)13-6-1-2-9-15/h6,10,15H,1-5,7-9H2,(H2,12,16). The fraction of sp³-hybridized carbons (Fsp3) is 0.818. The van der Waals surface area contributed by atoms with E-state index in [9.17, 15) is 0 Å². The van der Waals surface area contributed by atoms with E-state index >= 15 is 0 Å². The van der Waals surface area contributed by atoms with Gasteiger partial charge in [-0.15, -0.1) is 0 Å². The summed E-state index contributed by atoms with van der Waals surface area (Å²) < 4.78 is 0. The van der Waals surface area contributed by atoms with Crippen molar-refractivity contribution in [2.45, 2.75) is 38.1 Å². The molecule has 3 N–H and O–H groups in total. The van der Waals surface area contributed by atoms with E-state index in [0.29, 0.717) is 11.2 Å². The first-order chi connectivity index (χ1) is 7.74. The first kappa shape index (κ1) is 13.4. The molecule has 1 rings (SSSR count). The molecule has 16 heavy (non-hydrogen) atoms. The van der Waals surface area contributed by atoms with Gasteiger partial charge < -0.3 is 15.7 Å². The molecule has 1 aliphatic heterocycles. The number of nitrogens with two attached hydrogens (primary N) is 1. The molecule has 0 radical (unpaired) electrons. The summed E-state index contributed by atoms with van der Waals surface area (Å²) in [5.74, 6) is 0. The average Bonchev–Trinajstić information content (AvgIpc) is 2.50. The Labute approximate surface area is 103 Å². The van der Waals surface area contributed by atoms with Crippen LogP contribution in [-0.2, 0) is 0 Å². The van der Waals surface area contributed by atoms with Crippen LogP contribution in [0.15, 0.2) is 4.99 Å². The Bertz CT molecular complexity index is 245. The van der Waals surface area contributed by atoms with E-state index in [-0.39, 0.29) is 6.61 Å². The topological polar surface area (TPSA) is 61.8 Å². The highest BCUT2D eigenvalue weighted by Crippen LogP contribution is 2.13. The third-order valence-electron chi connectivity index (χ3n) is 2.82. The summed E-state index contributed by atoms with van der Waals surface area (Å²) in [6, 6.07) is 0.401. The highest BCUT2D eigenvalue weighted by Gasteiger charge is 2.15. The van der Waals surface area contributed by atoms with E-state index in [1.807, 2.05) is 6.21 Å². The van der Waals surface area contributed by atoms with Crippen LogP contribution in [0.4, 0.5) is 0 Å². The van der Waals surface area contributed by atoms with Gasteiger partial charge in [-0.25, -0.2) is 0 Å². The van der Waals surface area contributed by atoms with Gasteiger partial charge in [0.25, 0.3) is 0 Å². The van der Waals surface area contributed by atoms with Crippen LogP contribution >= 0.6 is 12.2 Å². The SMILES string of the molecule is NC(=S)N1CCCC(N=CCCCO)CC1. The second-order valence-electron chi connectivity index (χ2n) is 4.11. The number of rotatable bonds is 4. The van der Waals surface area contributed by atoms with Crippen molar-refractivity contribution in [3.8, 4) is 0 Å². The Morgan fingerprint density at radius 1 is 1.50 bits per heavy atom. The Kier molecular flexibility index (Phi) is 6.33. The van der Waals surface area contributed by atoms with Crippen LogP contribution in [0.25, 0.3) is 0 Å². The number of aliphatic hydroxyl groups excluding tert-OH is 1. The van der Waals surface area contributed by atoms with E-state index in [1.54, 1.807) is 0 Å². The fourth-order valence-corrected chi connectivity index (χ4v) is 2.04. The van der Waals surface area contributed by atoms with Gasteiger partial charge >= 0.3 is 0 Å². The van der Waals surface area contributed by atoms with Gasteiger partial charge in [-0.1, -0.05) is 0 Å². The van der Waals surface area contributed by atoms with E-state index in [2.05, 4.69) is 9.89 Å². The molecule has 0 aromatic carbocycles. The monoisotopic (exact) mass is 243 g/mol. The van der Waals surface area contributed by atoms with Crippen LogP contribution in [-0.4, -0.2) is 47.1 Å². The van der Waals surface area contributed by atoms with Crippen molar-refractivity contribution < 1.29 is 5.11 Å². The maximum atomic E-state index is 8.65. The molecule has 5 heteroatoms. The van der Waals surface area contributed by atoms with Crippen molar-refractivity contribution >= 4 is 23.5 Å². The average molecular weight is 243 g/mol. The van der Waals surface area contributed by atoms with Gasteiger partial charge in [-0.2, -0.15) is 0 Å². The van der Waals surface area contributed by atoms with Gasteiger partial charge in [0.05, 0.1) is 6.04 Å². The lowest BCUT2D eigenvalue weighted by atomic mass is 10.1. The Morgan fingerprint density at radius 3 is 3.00 bits per heavy atom. The number of nitrogens with zero attached hydrogens (tertiary/aromatic N) is 2. The molecule has 1 aliphatic rings. The summed E-state index contributed by atoms with van der Waals surface area (Å²) >= 11 is 4.97. The molecule has 0 aliphatic carbocycles. The lowest BCUT2D eigenvalue weighted by Gasteiger charge is -2.19. The number of hydrogen-bond acceptors (Lipinski definition) is 3. The van der Waals surface area contributed by atoms with Gasteiger partial charge in [-0.3, -0.25) is 4.99 Å². The minimum Gasteiger partial charge on any atom is -0.396 e. The summed E-state index contributed by atoms with van der Waals surface area (Å²) in [4.78, 5) is 6.58.